The molecule has 5 aromatic rings. The van der Waals surface area contributed by atoms with Gasteiger partial charge in [0, 0.05) is 12.0 Å². The predicted octanol–water partition coefficient (Wildman–Crippen LogP) is 6.93. The molecular formula is C51H56N6O12. The fourth-order valence-electron chi connectivity index (χ4n) is 8.08. The molecule has 3 amide bonds. The summed E-state index contributed by atoms with van der Waals surface area (Å²) in [6.07, 6.45) is -12.3. The molecule has 0 bridgehead atoms. The number of amides is 3. The highest BCUT2D eigenvalue weighted by atomic mass is 16.7. The van der Waals surface area contributed by atoms with Crippen LogP contribution >= 0.6 is 0 Å². The van der Waals surface area contributed by atoms with E-state index in [1.54, 1.807) is 72.8 Å². The lowest BCUT2D eigenvalue weighted by Crippen LogP contribution is -2.73. The van der Waals surface area contributed by atoms with Gasteiger partial charge in [-0.1, -0.05) is 157 Å². The number of azide groups is 1. The summed E-state index contributed by atoms with van der Waals surface area (Å²) in [4.78, 5) is 45.1. The Bertz CT molecular complexity index is 2410. The lowest BCUT2D eigenvalue weighted by atomic mass is 9.81. The number of aliphatic hydroxyl groups is 2. The van der Waals surface area contributed by atoms with Crippen molar-refractivity contribution < 1.29 is 57.8 Å². The lowest BCUT2D eigenvalue weighted by Gasteiger charge is -2.49. The van der Waals surface area contributed by atoms with Crippen molar-refractivity contribution in [3.8, 4) is 0 Å². The molecule has 2 fully saturated rings. The van der Waals surface area contributed by atoms with Gasteiger partial charge in [0.2, 0.25) is 0 Å². The highest BCUT2D eigenvalue weighted by Crippen LogP contribution is 2.34. The van der Waals surface area contributed by atoms with Crippen LogP contribution in [0.2, 0.25) is 0 Å². The van der Waals surface area contributed by atoms with Gasteiger partial charge in [0.25, 0.3) is 0 Å². The monoisotopic (exact) mass is 944 g/mol. The molecular weight excluding hydrogens is 889 g/mol. The van der Waals surface area contributed by atoms with Crippen LogP contribution in [-0.2, 0) is 66.2 Å². The average Bonchev–Trinajstić information content (AvgIpc) is 3.38. The standard InChI is InChI=1S/C51H56N6O12/c1-57(51(62)67-33-38-25-15-6-16-26-38)28-41-40(63-29-34-17-7-2-8-18-34)27-39(55-56-52)48(68-41)69-47-43(54-50(61)66-32-37-23-13-5-14-24-37)46(64-30-35-19-9-3-10-20-35)42(44(58)45(47)59)53-49(60)65-31-36-21-11-4-12-22-36/h2-26,39-48,58-59H,27-33H2,1H3,(H,53,60)(H,54,61)/t39-,40+,41-,42+,43+,44+,45-,46-,47-,48-/m1/s1. The van der Waals surface area contributed by atoms with Gasteiger partial charge < -0.3 is 58.9 Å². The van der Waals surface area contributed by atoms with Gasteiger partial charge in [0.15, 0.2) is 6.29 Å². The SMILES string of the molecule is CN(C[C@H]1O[C@H](O[C@H]2[C@H](O)[C@@H](O)[C@H](NC(=O)OCc3ccccc3)[C@@H](OCc3ccccc3)[C@@H]2NC(=O)OCc2ccccc2)[C@H](N=[N+]=[N-])C[C@@H]1OCc1ccccc1)C(=O)OCc1ccccc1. The van der Waals surface area contributed by atoms with Crippen molar-refractivity contribution >= 4 is 18.3 Å². The van der Waals surface area contributed by atoms with Gasteiger partial charge in [-0.25, -0.2) is 14.4 Å². The van der Waals surface area contributed by atoms with E-state index in [1.165, 1.54) is 11.9 Å². The summed E-state index contributed by atoms with van der Waals surface area (Å²) in [6.45, 7) is -0.228. The molecule has 2 aliphatic rings. The smallest absolute Gasteiger partial charge is 0.409 e. The minimum Gasteiger partial charge on any atom is -0.445 e. The first-order chi connectivity index (χ1) is 33.6. The highest BCUT2D eigenvalue weighted by Gasteiger charge is 2.55. The van der Waals surface area contributed by atoms with Gasteiger partial charge in [-0.2, -0.15) is 0 Å². The molecule has 18 heteroatoms. The second kappa shape index (κ2) is 25.4. The normalized spacial score (nSPS) is 24.2. The number of hydrogen-bond donors (Lipinski definition) is 4. The maximum Gasteiger partial charge on any atom is 0.409 e. The summed E-state index contributed by atoms with van der Waals surface area (Å²) in [5.41, 5.74) is 13.6. The number of rotatable bonds is 19. The van der Waals surface area contributed by atoms with E-state index in [4.69, 9.17) is 33.2 Å². The highest BCUT2D eigenvalue weighted by molar-refractivity contribution is 5.69. The summed E-state index contributed by atoms with van der Waals surface area (Å²) >= 11 is 0. The van der Waals surface area contributed by atoms with Crippen molar-refractivity contribution in [2.24, 2.45) is 5.11 Å². The van der Waals surface area contributed by atoms with Crippen molar-refractivity contribution in [3.63, 3.8) is 0 Å². The molecule has 69 heavy (non-hydrogen) atoms. The third kappa shape index (κ3) is 14.5. The molecule has 1 aliphatic carbocycles. The maximum absolute atomic E-state index is 13.8. The van der Waals surface area contributed by atoms with Crippen LogP contribution in [0, 0.1) is 0 Å². The van der Waals surface area contributed by atoms with E-state index in [-0.39, 0.29) is 46.0 Å². The molecule has 1 saturated heterocycles. The van der Waals surface area contributed by atoms with E-state index < -0.39 is 79.3 Å². The van der Waals surface area contributed by atoms with Crippen LogP contribution in [0.25, 0.3) is 10.4 Å². The van der Waals surface area contributed by atoms with Gasteiger partial charge in [-0.05, 0) is 39.8 Å². The average molecular weight is 945 g/mol. The Morgan fingerprint density at radius 1 is 0.623 bits per heavy atom. The molecule has 4 N–H and O–H groups in total. The number of carbonyl (C=O) groups excluding carboxylic acids is 3. The molecule has 1 aliphatic heterocycles. The fraction of sp³-hybridized carbons (Fsp3) is 0.353. The van der Waals surface area contributed by atoms with Crippen LogP contribution in [0.4, 0.5) is 14.4 Å². The molecule has 18 nitrogen and oxygen atoms in total. The molecule has 10 atom stereocenters. The Morgan fingerprint density at radius 3 is 1.54 bits per heavy atom. The Kier molecular flexibility index (Phi) is 18.3. The van der Waals surface area contributed by atoms with E-state index in [2.05, 4.69) is 20.7 Å². The summed E-state index contributed by atoms with van der Waals surface area (Å²) in [5, 5.41) is 33.5. The molecule has 0 aromatic heterocycles. The fourth-order valence-corrected chi connectivity index (χ4v) is 8.08. The number of nitrogens with zero attached hydrogens (tertiary/aromatic N) is 4. The van der Waals surface area contributed by atoms with E-state index in [0.29, 0.717) is 16.7 Å². The van der Waals surface area contributed by atoms with Crippen LogP contribution in [0.1, 0.15) is 34.2 Å². The minimum atomic E-state index is -1.86. The molecule has 1 saturated carbocycles. The van der Waals surface area contributed by atoms with E-state index in [0.717, 1.165) is 11.1 Å². The van der Waals surface area contributed by atoms with Crippen molar-refractivity contribution in [1.82, 2.24) is 15.5 Å². The van der Waals surface area contributed by atoms with Gasteiger partial charge in [0.05, 0.1) is 44.0 Å². The largest absolute Gasteiger partial charge is 0.445 e. The van der Waals surface area contributed by atoms with Crippen molar-refractivity contribution in [1.29, 1.82) is 0 Å². The number of hydrogen-bond acceptors (Lipinski definition) is 13. The number of alkyl carbamates (subject to hydrolysis) is 2. The van der Waals surface area contributed by atoms with E-state index in [1.807, 2.05) is 78.9 Å². The van der Waals surface area contributed by atoms with Gasteiger partial charge >= 0.3 is 18.3 Å². The number of carbonyl (C=O) groups is 3. The summed E-state index contributed by atoms with van der Waals surface area (Å²) in [6, 6.07) is 41.6. The first-order valence-corrected chi connectivity index (χ1v) is 22.5. The second-order valence-corrected chi connectivity index (χ2v) is 16.6. The quantitative estimate of drug-likeness (QED) is 0.0286. The predicted molar refractivity (Wildman–Crippen MR) is 249 cm³/mol. The van der Waals surface area contributed by atoms with Crippen LogP contribution in [-0.4, -0.2) is 108 Å². The van der Waals surface area contributed by atoms with Crippen molar-refractivity contribution in [2.75, 3.05) is 13.6 Å². The molecule has 0 spiro atoms. The molecule has 5 aromatic carbocycles. The molecule has 0 unspecified atom stereocenters. The Balaban J connectivity index is 1.18. The van der Waals surface area contributed by atoms with Gasteiger partial charge in [-0.3, -0.25) is 0 Å². The molecule has 1 heterocycles. The third-order valence-corrected chi connectivity index (χ3v) is 11.7. The molecule has 362 valence electrons. The van der Waals surface area contributed by atoms with Crippen molar-refractivity contribution in [3.05, 3.63) is 190 Å². The topological polar surface area (TPSA) is 232 Å². The van der Waals surface area contributed by atoms with Crippen LogP contribution in [0.15, 0.2) is 157 Å². The van der Waals surface area contributed by atoms with Crippen LogP contribution in [0.3, 0.4) is 0 Å². The lowest BCUT2D eigenvalue weighted by molar-refractivity contribution is -0.285. The first-order valence-electron chi connectivity index (χ1n) is 22.5. The van der Waals surface area contributed by atoms with Gasteiger partial charge in [-0.15, -0.1) is 0 Å². The number of benzene rings is 5. The van der Waals surface area contributed by atoms with Crippen LogP contribution in [0.5, 0.6) is 0 Å². The first kappa shape index (κ1) is 49.9. The second-order valence-electron chi connectivity index (χ2n) is 16.6. The number of likely N-dealkylation sites (N-methyl/N-ethyl adjacent to an activating group) is 1. The molecule has 7 rings (SSSR count). The Hall–Kier alpha value is -7.02. The number of ether oxygens (including phenoxy) is 7. The molecule has 0 radical (unpaired) electrons. The van der Waals surface area contributed by atoms with Crippen molar-refractivity contribution in [2.45, 2.75) is 100 Å². The minimum absolute atomic E-state index is 0.0202. The zero-order valence-electron chi connectivity index (χ0n) is 37.9. The van der Waals surface area contributed by atoms with Gasteiger partial charge in [0.1, 0.15) is 50.3 Å². The third-order valence-electron chi connectivity index (χ3n) is 11.7. The summed E-state index contributed by atoms with van der Waals surface area (Å²) in [5.74, 6) is 0. The van der Waals surface area contributed by atoms with Crippen LogP contribution < -0.4 is 10.6 Å². The number of aliphatic hydroxyl groups excluding tert-OH is 2. The Labute approximate surface area is 399 Å². The number of nitrogens with one attached hydrogen (secondary N) is 2. The van der Waals surface area contributed by atoms with E-state index >= 15 is 0 Å². The van der Waals surface area contributed by atoms with E-state index in [9.17, 15) is 30.1 Å². The summed E-state index contributed by atoms with van der Waals surface area (Å²) < 4.78 is 42.8. The summed E-state index contributed by atoms with van der Waals surface area (Å²) in [7, 11) is 1.54. The zero-order valence-corrected chi connectivity index (χ0v) is 37.9. The maximum atomic E-state index is 13.8. The Morgan fingerprint density at radius 2 is 1.06 bits per heavy atom. The zero-order chi connectivity index (χ0) is 48.4.